The summed E-state index contributed by atoms with van der Waals surface area (Å²) in [6, 6.07) is 20.1. The molecular formula is C23H15N7O3. The average molecular weight is 437 g/mol. The summed E-state index contributed by atoms with van der Waals surface area (Å²) in [5.74, 6) is 0.150. The lowest BCUT2D eigenvalue weighted by atomic mass is 10.1. The van der Waals surface area contributed by atoms with E-state index in [1.54, 1.807) is 29.0 Å². The average Bonchev–Trinajstić information content (AvgIpc) is 3.28. The second kappa shape index (κ2) is 8.27. The molecule has 0 bridgehead atoms. The van der Waals surface area contributed by atoms with Gasteiger partial charge in [0, 0.05) is 46.9 Å². The summed E-state index contributed by atoms with van der Waals surface area (Å²) in [5, 5.41) is 26.7. The third-order valence-corrected chi connectivity index (χ3v) is 4.94. The van der Waals surface area contributed by atoms with Crippen molar-refractivity contribution in [2.45, 2.75) is 0 Å². The minimum absolute atomic E-state index is 0.140. The van der Waals surface area contributed by atoms with Gasteiger partial charge in [0.1, 0.15) is 0 Å². The van der Waals surface area contributed by atoms with Crippen molar-refractivity contribution >= 4 is 22.9 Å². The maximum Gasteiger partial charge on any atom is 0.270 e. The van der Waals surface area contributed by atoms with Gasteiger partial charge in [-0.3, -0.25) is 19.9 Å². The second-order valence-electron chi connectivity index (χ2n) is 7.09. The maximum absolute atomic E-state index is 12.5. The van der Waals surface area contributed by atoms with Crippen molar-refractivity contribution in [2.75, 3.05) is 5.32 Å². The number of non-ortho nitro benzene ring substituents is 1. The molecule has 1 N–H and O–H groups in total. The predicted molar refractivity (Wildman–Crippen MR) is 120 cm³/mol. The van der Waals surface area contributed by atoms with Gasteiger partial charge < -0.3 is 5.32 Å². The van der Waals surface area contributed by atoms with E-state index in [4.69, 9.17) is 0 Å². The van der Waals surface area contributed by atoms with Crippen LogP contribution in [0, 0.1) is 10.1 Å². The van der Waals surface area contributed by atoms with Crippen LogP contribution in [0.3, 0.4) is 0 Å². The molecule has 2 aromatic carbocycles. The van der Waals surface area contributed by atoms with Crippen LogP contribution in [0.1, 0.15) is 10.4 Å². The first-order valence-corrected chi connectivity index (χ1v) is 9.87. The van der Waals surface area contributed by atoms with E-state index in [9.17, 15) is 14.9 Å². The largest absolute Gasteiger partial charge is 0.322 e. The molecule has 5 aromatic rings. The van der Waals surface area contributed by atoms with Crippen LogP contribution in [-0.4, -0.2) is 35.6 Å². The molecular weight excluding hydrogens is 422 g/mol. The molecule has 0 unspecified atom stereocenters. The molecule has 10 heteroatoms. The molecule has 0 aliphatic rings. The third kappa shape index (κ3) is 4.00. The smallest absolute Gasteiger partial charge is 0.270 e. The molecule has 33 heavy (non-hydrogen) atoms. The molecule has 10 nitrogen and oxygen atoms in total. The first-order chi connectivity index (χ1) is 16.1. The van der Waals surface area contributed by atoms with Gasteiger partial charge in [-0.1, -0.05) is 18.2 Å². The van der Waals surface area contributed by atoms with Crippen molar-refractivity contribution in [1.29, 1.82) is 0 Å². The Morgan fingerprint density at radius 2 is 1.79 bits per heavy atom. The standard InChI is InChI=1S/C23H15N7O3/c31-23(16-3-1-5-19(13-16)30(32)33)25-18-8-6-15(7-9-18)20-10-11-21-26-27-22(29(21)28-20)17-4-2-12-24-14-17/h1-14H,(H,25,31). The van der Waals surface area contributed by atoms with E-state index in [1.807, 2.05) is 36.4 Å². The summed E-state index contributed by atoms with van der Waals surface area (Å²) in [5.41, 5.74) is 3.55. The number of nitro groups is 1. The van der Waals surface area contributed by atoms with Crippen LogP contribution < -0.4 is 5.32 Å². The highest BCUT2D eigenvalue weighted by atomic mass is 16.6. The normalized spacial score (nSPS) is 10.8. The lowest BCUT2D eigenvalue weighted by Crippen LogP contribution is -2.12. The highest BCUT2D eigenvalue weighted by molar-refractivity contribution is 6.04. The molecule has 0 saturated heterocycles. The zero-order valence-electron chi connectivity index (χ0n) is 17.0. The van der Waals surface area contributed by atoms with Gasteiger partial charge in [-0.25, -0.2) is 0 Å². The van der Waals surface area contributed by atoms with Crippen LogP contribution in [0.25, 0.3) is 28.3 Å². The molecule has 160 valence electrons. The second-order valence-corrected chi connectivity index (χ2v) is 7.09. The van der Waals surface area contributed by atoms with E-state index >= 15 is 0 Å². The number of amides is 1. The fourth-order valence-electron chi connectivity index (χ4n) is 3.31. The number of anilines is 1. The van der Waals surface area contributed by atoms with Crippen LogP contribution in [0.15, 0.2) is 85.2 Å². The molecule has 1 amide bonds. The third-order valence-electron chi connectivity index (χ3n) is 4.94. The van der Waals surface area contributed by atoms with E-state index in [1.165, 1.54) is 24.3 Å². The Morgan fingerprint density at radius 3 is 2.55 bits per heavy atom. The molecule has 0 aliphatic heterocycles. The number of rotatable bonds is 5. The Labute approximate surface area is 186 Å². The molecule has 5 rings (SSSR count). The summed E-state index contributed by atoms with van der Waals surface area (Å²) < 4.78 is 1.66. The van der Waals surface area contributed by atoms with Crippen LogP contribution in [-0.2, 0) is 0 Å². The molecule has 0 saturated carbocycles. The summed E-state index contributed by atoms with van der Waals surface area (Å²) in [6.07, 6.45) is 3.38. The number of carbonyl (C=O) groups excluding carboxylic acids is 1. The van der Waals surface area contributed by atoms with E-state index in [-0.39, 0.29) is 11.3 Å². The summed E-state index contributed by atoms with van der Waals surface area (Å²) in [4.78, 5) is 27.0. The zero-order chi connectivity index (χ0) is 22.8. The van der Waals surface area contributed by atoms with Gasteiger partial charge in [0.05, 0.1) is 10.6 Å². The Balaban J connectivity index is 1.39. The number of nitrogens with zero attached hydrogens (tertiary/aromatic N) is 6. The lowest BCUT2D eigenvalue weighted by molar-refractivity contribution is -0.384. The van der Waals surface area contributed by atoms with Crippen molar-refractivity contribution in [1.82, 2.24) is 24.8 Å². The highest BCUT2D eigenvalue weighted by Gasteiger charge is 2.13. The predicted octanol–water partition coefficient (Wildman–Crippen LogP) is 4.01. The Kier molecular flexibility index (Phi) is 5.00. The number of hydrogen-bond acceptors (Lipinski definition) is 7. The van der Waals surface area contributed by atoms with Crippen LogP contribution in [0.5, 0.6) is 0 Å². The van der Waals surface area contributed by atoms with E-state index < -0.39 is 10.8 Å². The molecule has 3 aromatic heterocycles. The molecule has 0 atom stereocenters. The molecule has 0 aliphatic carbocycles. The molecule has 0 radical (unpaired) electrons. The van der Waals surface area contributed by atoms with Gasteiger partial charge in [0.2, 0.25) is 0 Å². The number of nitrogens with one attached hydrogen (secondary N) is 1. The van der Waals surface area contributed by atoms with Crippen LogP contribution >= 0.6 is 0 Å². The summed E-state index contributed by atoms with van der Waals surface area (Å²) in [7, 11) is 0. The number of carbonyl (C=O) groups is 1. The Morgan fingerprint density at radius 1 is 0.939 bits per heavy atom. The fourth-order valence-corrected chi connectivity index (χ4v) is 3.31. The minimum atomic E-state index is -0.537. The first kappa shape index (κ1) is 19.9. The topological polar surface area (TPSA) is 128 Å². The van der Waals surface area contributed by atoms with Gasteiger partial charge in [-0.05, 0) is 42.5 Å². The fraction of sp³-hybridized carbons (Fsp3) is 0. The quantitative estimate of drug-likeness (QED) is 0.325. The highest BCUT2D eigenvalue weighted by Crippen LogP contribution is 2.23. The number of fused-ring (bicyclic) bond motifs is 1. The number of aromatic nitrogens is 5. The van der Waals surface area contributed by atoms with Gasteiger partial charge in [-0.2, -0.15) is 9.61 Å². The number of pyridine rings is 1. The SMILES string of the molecule is O=C(Nc1ccc(-c2ccc3nnc(-c4cccnc4)n3n2)cc1)c1cccc([N+](=O)[O-])c1. The van der Waals surface area contributed by atoms with E-state index in [2.05, 4.69) is 25.6 Å². The monoisotopic (exact) mass is 437 g/mol. The first-order valence-electron chi connectivity index (χ1n) is 9.87. The lowest BCUT2D eigenvalue weighted by Gasteiger charge is -2.07. The van der Waals surface area contributed by atoms with Crippen molar-refractivity contribution in [3.63, 3.8) is 0 Å². The maximum atomic E-state index is 12.5. The van der Waals surface area contributed by atoms with Gasteiger partial charge >= 0.3 is 0 Å². The van der Waals surface area contributed by atoms with E-state index in [0.29, 0.717) is 22.9 Å². The van der Waals surface area contributed by atoms with Gasteiger partial charge in [-0.15, -0.1) is 10.2 Å². The summed E-state index contributed by atoms with van der Waals surface area (Å²) in [6.45, 7) is 0. The number of hydrogen-bond donors (Lipinski definition) is 1. The summed E-state index contributed by atoms with van der Waals surface area (Å²) >= 11 is 0. The van der Waals surface area contributed by atoms with E-state index in [0.717, 1.165) is 11.1 Å². The molecule has 0 spiro atoms. The van der Waals surface area contributed by atoms with Gasteiger partial charge in [0.15, 0.2) is 11.5 Å². The van der Waals surface area contributed by atoms with Crippen LogP contribution in [0.4, 0.5) is 11.4 Å². The van der Waals surface area contributed by atoms with Crippen molar-refractivity contribution in [2.24, 2.45) is 0 Å². The van der Waals surface area contributed by atoms with Crippen LogP contribution in [0.2, 0.25) is 0 Å². The molecule has 3 heterocycles. The number of benzene rings is 2. The molecule has 0 fully saturated rings. The van der Waals surface area contributed by atoms with Crippen molar-refractivity contribution in [3.8, 4) is 22.6 Å². The number of nitro benzene ring substituents is 1. The zero-order valence-corrected chi connectivity index (χ0v) is 17.0. The van der Waals surface area contributed by atoms with Gasteiger partial charge in [0.25, 0.3) is 11.6 Å². The van der Waals surface area contributed by atoms with Crippen molar-refractivity contribution < 1.29 is 9.72 Å². The minimum Gasteiger partial charge on any atom is -0.322 e. The Bertz CT molecular complexity index is 1480. The Hall–Kier alpha value is -4.99. The van der Waals surface area contributed by atoms with Crippen molar-refractivity contribution in [3.05, 3.63) is 101 Å².